The Bertz CT molecular complexity index is 1090. The summed E-state index contributed by atoms with van der Waals surface area (Å²) < 4.78 is 0.982. The lowest BCUT2D eigenvalue weighted by Gasteiger charge is -2.22. The van der Waals surface area contributed by atoms with E-state index in [1.165, 1.54) is 32.4 Å². The average molecular weight is 473 g/mol. The van der Waals surface area contributed by atoms with Crippen molar-refractivity contribution in [3.05, 3.63) is 45.9 Å². The molecule has 5 rings (SSSR count). The number of benzene rings is 1. The summed E-state index contributed by atoms with van der Waals surface area (Å²) in [5.74, 6) is 0.259. The highest BCUT2D eigenvalue weighted by Crippen LogP contribution is 2.40. The normalized spacial score (nSPS) is 18.7. The highest BCUT2D eigenvalue weighted by molar-refractivity contribution is 7.19. The Morgan fingerprint density at radius 3 is 2.62 bits per heavy atom. The van der Waals surface area contributed by atoms with Gasteiger partial charge in [0, 0.05) is 46.7 Å². The van der Waals surface area contributed by atoms with E-state index in [2.05, 4.69) is 20.9 Å². The third-order valence-corrected chi connectivity index (χ3v) is 7.16. The molecule has 1 atom stereocenters. The number of rotatable bonds is 3. The number of aromatic nitrogens is 1. The van der Waals surface area contributed by atoms with Crippen LogP contribution in [0.3, 0.4) is 0 Å². The molecule has 0 radical (unpaired) electrons. The van der Waals surface area contributed by atoms with Crippen LogP contribution in [0.4, 0.5) is 0 Å². The van der Waals surface area contributed by atoms with E-state index in [1.54, 1.807) is 29.7 Å². The van der Waals surface area contributed by atoms with Crippen molar-refractivity contribution in [3.63, 3.8) is 0 Å². The average Bonchev–Trinajstić information content (AvgIpc) is 3.22. The molecule has 4 N–H and O–H groups in total. The van der Waals surface area contributed by atoms with Crippen LogP contribution in [0.5, 0.6) is 5.75 Å². The van der Waals surface area contributed by atoms with Gasteiger partial charge in [-0.05, 0) is 62.7 Å². The number of pyridine rings is 1. The van der Waals surface area contributed by atoms with Gasteiger partial charge in [0.05, 0.1) is 16.3 Å². The molecule has 1 aromatic carbocycles. The number of fused-ring (bicyclic) bond motifs is 1. The summed E-state index contributed by atoms with van der Waals surface area (Å²) in [6.07, 6.45) is 6.56. The summed E-state index contributed by atoms with van der Waals surface area (Å²) in [7, 11) is 0. The Labute approximate surface area is 197 Å². The molecule has 2 aliphatic rings. The molecule has 3 aromatic rings. The van der Waals surface area contributed by atoms with Crippen molar-refractivity contribution < 1.29 is 9.90 Å². The van der Waals surface area contributed by atoms with Crippen molar-refractivity contribution in [2.45, 2.75) is 38.6 Å². The Morgan fingerprint density at radius 1 is 1.12 bits per heavy atom. The number of piperidine rings is 1. The van der Waals surface area contributed by atoms with Crippen LogP contribution in [0, 0.1) is 6.92 Å². The maximum atomic E-state index is 12.0. The van der Waals surface area contributed by atoms with E-state index in [9.17, 15) is 9.90 Å². The maximum absolute atomic E-state index is 12.0. The zero-order chi connectivity index (χ0) is 22.5. The number of carbonyl (C=O) groups excluding carboxylic acids is 1. The molecule has 1 amide bonds. The third kappa shape index (κ3) is 5.41. The van der Waals surface area contributed by atoms with E-state index in [-0.39, 0.29) is 17.7 Å². The molecule has 32 heavy (non-hydrogen) atoms. The van der Waals surface area contributed by atoms with Crippen molar-refractivity contribution >= 4 is 39.1 Å². The molecule has 2 aliphatic heterocycles. The summed E-state index contributed by atoms with van der Waals surface area (Å²) in [5.41, 5.74) is 3.19. The summed E-state index contributed by atoms with van der Waals surface area (Å²) in [4.78, 5) is 17.5. The van der Waals surface area contributed by atoms with Gasteiger partial charge in [-0.3, -0.25) is 9.78 Å². The maximum Gasteiger partial charge on any atom is 0.237 e. The molecule has 2 aromatic heterocycles. The molecule has 4 heterocycles. The van der Waals surface area contributed by atoms with E-state index in [0.29, 0.717) is 23.6 Å². The largest absolute Gasteiger partial charge is 0.507 e. The van der Waals surface area contributed by atoms with E-state index in [4.69, 9.17) is 11.6 Å². The fourth-order valence-electron chi connectivity index (χ4n) is 4.06. The van der Waals surface area contributed by atoms with Gasteiger partial charge in [0.25, 0.3) is 0 Å². The minimum Gasteiger partial charge on any atom is -0.507 e. The van der Waals surface area contributed by atoms with Gasteiger partial charge in [-0.1, -0.05) is 18.0 Å². The lowest BCUT2D eigenvalue weighted by molar-refractivity contribution is -0.124. The summed E-state index contributed by atoms with van der Waals surface area (Å²) in [5, 5.41) is 20.5. The number of hydrogen-bond acceptors (Lipinski definition) is 6. The van der Waals surface area contributed by atoms with Crippen molar-refractivity contribution in [2.75, 3.05) is 26.2 Å². The van der Waals surface area contributed by atoms with E-state index in [1.807, 2.05) is 19.1 Å². The van der Waals surface area contributed by atoms with E-state index >= 15 is 0 Å². The van der Waals surface area contributed by atoms with Gasteiger partial charge >= 0.3 is 0 Å². The molecule has 1 unspecified atom stereocenters. The van der Waals surface area contributed by atoms with Crippen molar-refractivity contribution in [2.24, 2.45) is 0 Å². The smallest absolute Gasteiger partial charge is 0.237 e. The van der Waals surface area contributed by atoms with Crippen LogP contribution < -0.4 is 16.0 Å². The monoisotopic (exact) mass is 472 g/mol. The molecule has 170 valence electrons. The first kappa shape index (κ1) is 23.0. The molecular formula is C24H29ClN4O2S. The lowest BCUT2D eigenvalue weighted by Crippen LogP contribution is -2.53. The minimum atomic E-state index is -0.220. The first-order chi connectivity index (χ1) is 15.5. The Balaban J connectivity index is 0.000000354. The molecule has 0 aliphatic carbocycles. The zero-order valence-electron chi connectivity index (χ0n) is 18.2. The number of nitrogens with one attached hydrogen (secondary N) is 3. The number of piperazine rings is 1. The Hall–Kier alpha value is -2.19. The zero-order valence-corrected chi connectivity index (χ0v) is 19.8. The predicted molar refractivity (Wildman–Crippen MR) is 132 cm³/mol. The topological polar surface area (TPSA) is 86.3 Å². The second-order valence-corrected chi connectivity index (χ2v) is 9.79. The number of phenolic OH excluding ortho intramolecular Hbond substituents is 1. The molecule has 6 nitrogen and oxygen atoms in total. The van der Waals surface area contributed by atoms with Crippen molar-refractivity contribution in [1.29, 1.82) is 0 Å². The minimum absolute atomic E-state index is 0.0324. The quantitative estimate of drug-likeness (QED) is 0.462. The van der Waals surface area contributed by atoms with Crippen LogP contribution in [-0.2, 0) is 11.2 Å². The van der Waals surface area contributed by atoms with Crippen LogP contribution in [0.2, 0.25) is 5.02 Å². The van der Waals surface area contributed by atoms with Crippen LogP contribution in [0.1, 0.15) is 29.7 Å². The molecule has 2 fully saturated rings. The Kier molecular flexibility index (Phi) is 7.63. The number of amides is 1. The van der Waals surface area contributed by atoms with Gasteiger partial charge in [0.2, 0.25) is 5.91 Å². The highest BCUT2D eigenvalue weighted by atomic mass is 35.5. The molecule has 0 spiro atoms. The number of halogens is 1. The van der Waals surface area contributed by atoms with E-state index in [0.717, 1.165) is 32.8 Å². The SMILES string of the molecule is C1CCNCC1.Cc1cc(Cl)cc(-c2ccnc3cc(CC4NCCNC4=O)sc23)c1O. The van der Waals surface area contributed by atoms with Crippen LogP contribution >= 0.6 is 22.9 Å². The lowest BCUT2D eigenvalue weighted by atomic mass is 10.0. The van der Waals surface area contributed by atoms with Crippen LogP contribution in [0.25, 0.3) is 21.3 Å². The van der Waals surface area contributed by atoms with Crippen LogP contribution in [0.15, 0.2) is 30.5 Å². The van der Waals surface area contributed by atoms with Gasteiger partial charge in [0.15, 0.2) is 0 Å². The number of thiophene rings is 1. The first-order valence-corrected chi connectivity index (χ1v) is 12.3. The molecular weight excluding hydrogens is 444 g/mol. The highest BCUT2D eigenvalue weighted by Gasteiger charge is 2.23. The predicted octanol–water partition coefficient (Wildman–Crippen LogP) is 4.02. The number of nitrogens with zero attached hydrogens (tertiary/aromatic N) is 1. The Morgan fingerprint density at radius 2 is 1.94 bits per heavy atom. The van der Waals surface area contributed by atoms with Crippen molar-refractivity contribution in [1.82, 2.24) is 20.9 Å². The first-order valence-electron chi connectivity index (χ1n) is 11.1. The fraction of sp³-hybridized carbons (Fsp3) is 0.417. The standard InChI is InChI=1S/C19H18ClN3O2S.C5H11N/c1-10-6-11(20)7-14(17(10)24)13-2-3-21-15-8-12(26-18(13)15)9-16-19(25)23-5-4-22-16;1-2-4-6-5-3-1/h2-3,6-8,16,22,24H,4-5,9H2,1H3,(H,23,25);6H,1-5H2. The van der Waals surface area contributed by atoms with Gasteiger partial charge in [-0.25, -0.2) is 0 Å². The molecule has 2 saturated heterocycles. The summed E-state index contributed by atoms with van der Waals surface area (Å²) in [6.45, 7) is 5.78. The van der Waals surface area contributed by atoms with E-state index < -0.39 is 0 Å². The number of aromatic hydroxyl groups is 1. The molecule has 0 saturated carbocycles. The van der Waals surface area contributed by atoms with Crippen molar-refractivity contribution in [3.8, 4) is 16.9 Å². The summed E-state index contributed by atoms with van der Waals surface area (Å²) >= 11 is 7.80. The molecule has 0 bridgehead atoms. The van der Waals surface area contributed by atoms with Crippen LogP contribution in [-0.4, -0.2) is 48.2 Å². The summed E-state index contributed by atoms with van der Waals surface area (Å²) in [6, 6.07) is 7.20. The fourth-order valence-corrected chi connectivity index (χ4v) is 5.52. The second-order valence-electron chi connectivity index (χ2n) is 8.22. The van der Waals surface area contributed by atoms with Gasteiger partial charge < -0.3 is 21.1 Å². The van der Waals surface area contributed by atoms with Gasteiger partial charge in [-0.2, -0.15) is 0 Å². The second kappa shape index (κ2) is 10.6. The number of hydrogen-bond donors (Lipinski definition) is 4. The number of aryl methyl sites for hydroxylation is 1. The number of carbonyl (C=O) groups is 1. The molecule has 8 heteroatoms. The third-order valence-electron chi connectivity index (χ3n) is 5.76. The van der Waals surface area contributed by atoms with Gasteiger partial charge in [0.1, 0.15) is 5.75 Å². The van der Waals surface area contributed by atoms with Gasteiger partial charge in [-0.15, -0.1) is 11.3 Å². The number of phenols is 1.